The molecule has 98 valence electrons. The van der Waals surface area contributed by atoms with Gasteiger partial charge < -0.3 is 4.90 Å². The van der Waals surface area contributed by atoms with Gasteiger partial charge in [0.05, 0.1) is 6.54 Å². The van der Waals surface area contributed by atoms with E-state index in [0.717, 1.165) is 26.2 Å². The van der Waals surface area contributed by atoms with Crippen LogP contribution in [0.3, 0.4) is 0 Å². The van der Waals surface area contributed by atoms with E-state index >= 15 is 0 Å². The van der Waals surface area contributed by atoms with Crippen LogP contribution in [0.5, 0.6) is 0 Å². The summed E-state index contributed by atoms with van der Waals surface area (Å²) in [5.74, 6) is -0.208. The Balaban J connectivity index is 1.99. The van der Waals surface area contributed by atoms with E-state index in [1.54, 1.807) is 13.0 Å². The van der Waals surface area contributed by atoms with Crippen molar-refractivity contribution in [3.05, 3.63) is 35.1 Å². The number of ketones is 1. The van der Waals surface area contributed by atoms with Gasteiger partial charge in [0.1, 0.15) is 5.82 Å². The fourth-order valence-corrected chi connectivity index (χ4v) is 2.23. The van der Waals surface area contributed by atoms with Gasteiger partial charge in [-0.2, -0.15) is 0 Å². The molecule has 3 nitrogen and oxygen atoms in total. The van der Waals surface area contributed by atoms with E-state index in [2.05, 4.69) is 16.8 Å². The molecule has 1 saturated heterocycles. The van der Waals surface area contributed by atoms with E-state index in [1.165, 1.54) is 12.1 Å². The molecule has 0 radical (unpaired) electrons. The maximum Gasteiger partial charge on any atom is 0.177 e. The van der Waals surface area contributed by atoms with Gasteiger partial charge in [-0.05, 0) is 37.7 Å². The summed E-state index contributed by atoms with van der Waals surface area (Å²) < 4.78 is 13.0. The number of hydrogen-bond acceptors (Lipinski definition) is 3. The molecule has 0 atom stereocenters. The Hall–Kier alpha value is -1.26. The van der Waals surface area contributed by atoms with Gasteiger partial charge in [0, 0.05) is 31.7 Å². The maximum atomic E-state index is 13.0. The first-order chi connectivity index (χ1) is 8.56. The Labute approximate surface area is 107 Å². The van der Waals surface area contributed by atoms with Gasteiger partial charge in [-0.1, -0.05) is 0 Å². The Kier molecular flexibility index (Phi) is 4.09. The predicted molar refractivity (Wildman–Crippen MR) is 69.4 cm³/mol. The molecule has 4 heteroatoms. The molecule has 0 aliphatic carbocycles. The average Bonchev–Trinajstić information content (AvgIpc) is 2.32. The van der Waals surface area contributed by atoms with E-state index in [9.17, 15) is 9.18 Å². The lowest BCUT2D eigenvalue weighted by Gasteiger charge is -2.31. The normalized spacial score (nSPS) is 17.9. The highest BCUT2D eigenvalue weighted by atomic mass is 19.1. The fraction of sp³-hybridized carbons (Fsp3) is 0.500. The van der Waals surface area contributed by atoms with Crippen molar-refractivity contribution in [1.82, 2.24) is 9.80 Å². The number of piperazine rings is 1. The minimum atomic E-state index is -0.288. The molecular formula is C14H19FN2O. The van der Waals surface area contributed by atoms with Crippen LogP contribution >= 0.6 is 0 Å². The summed E-state index contributed by atoms with van der Waals surface area (Å²) in [6.45, 7) is 6.04. The molecule has 0 saturated carbocycles. The van der Waals surface area contributed by atoms with Gasteiger partial charge in [0.2, 0.25) is 0 Å². The molecule has 0 N–H and O–H groups in total. The van der Waals surface area contributed by atoms with E-state index in [4.69, 9.17) is 0 Å². The Morgan fingerprint density at radius 3 is 2.56 bits per heavy atom. The first kappa shape index (κ1) is 13.2. The van der Waals surface area contributed by atoms with Crippen molar-refractivity contribution in [1.29, 1.82) is 0 Å². The number of aryl methyl sites for hydroxylation is 1. The van der Waals surface area contributed by atoms with Crippen LogP contribution in [-0.2, 0) is 0 Å². The summed E-state index contributed by atoms with van der Waals surface area (Å²) in [5.41, 5.74) is 1.35. The standard InChI is InChI=1S/C14H19FN2O/c1-11-9-12(15)3-4-13(11)14(18)10-17-7-5-16(2)6-8-17/h3-4,9H,5-8,10H2,1-2H3. The molecule has 0 amide bonds. The zero-order chi connectivity index (χ0) is 13.1. The van der Waals surface area contributed by atoms with E-state index in [-0.39, 0.29) is 11.6 Å². The zero-order valence-corrected chi connectivity index (χ0v) is 10.9. The van der Waals surface area contributed by atoms with Crippen molar-refractivity contribution in [2.45, 2.75) is 6.92 Å². The molecule has 1 aromatic rings. The van der Waals surface area contributed by atoms with Crippen LogP contribution < -0.4 is 0 Å². The van der Waals surface area contributed by atoms with Crippen LogP contribution in [0.25, 0.3) is 0 Å². The van der Waals surface area contributed by atoms with E-state index in [1.807, 2.05) is 0 Å². The third kappa shape index (κ3) is 3.15. The highest BCUT2D eigenvalue weighted by Crippen LogP contribution is 2.12. The van der Waals surface area contributed by atoms with Crippen LogP contribution in [0.1, 0.15) is 15.9 Å². The summed E-state index contributed by atoms with van der Waals surface area (Å²) in [6, 6.07) is 4.35. The number of benzene rings is 1. The number of nitrogens with zero attached hydrogens (tertiary/aromatic N) is 2. The number of rotatable bonds is 3. The number of Topliss-reactive ketones (excluding diaryl/α,β-unsaturated/α-hetero) is 1. The van der Waals surface area contributed by atoms with Gasteiger partial charge in [0.15, 0.2) is 5.78 Å². The van der Waals surface area contributed by atoms with Crippen LogP contribution in [0.4, 0.5) is 4.39 Å². The summed E-state index contributed by atoms with van der Waals surface area (Å²) in [7, 11) is 2.09. The molecular weight excluding hydrogens is 231 g/mol. The van der Waals surface area contributed by atoms with Crippen LogP contribution in [-0.4, -0.2) is 55.4 Å². The van der Waals surface area contributed by atoms with Crippen molar-refractivity contribution in [3.63, 3.8) is 0 Å². The van der Waals surface area contributed by atoms with Crippen molar-refractivity contribution in [2.75, 3.05) is 39.8 Å². The smallest absolute Gasteiger partial charge is 0.177 e. The topological polar surface area (TPSA) is 23.6 Å². The lowest BCUT2D eigenvalue weighted by atomic mass is 10.0. The number of carbonyl (C=O) groups excluding carboxylic acids is 1. The highest BCUT2D eigenvalue weighted by Gasteiger charge is 2.18. The third-order valence-corrected chi connectivity index (χ3v) is 3.45. The minimum Gasteiger partial charge on any atom is -0.304 e. The predicted octanol–water partition coefficient (Wildman–Crippen LogP) is 1.56. The summed E-state index contributed by atoms with van der Waals surface area (Å²) in [4.78, 5) is 16.6. The highest BCUT2D eigenvalue weighted by molar-refractivity contribution is 5.98. The largest absolute Gasteiger partial charge is 0.304 e. The summed E-state index contributed by atoms with van der Waals surface area (Å²) >= 11 is 0. The summed E-state index contributed by atoms with van der Waals surface area (Å²) in [6.07, 6.45) is 0. The lowest BCUT2D eigenvalue weighted by molar-refractivity contribution is 0.0876. The molecule has 0 spiro atoms. The van der Waals surface area contributed by atoms with Gasteiger partial charge >= 0.3 is 0 Å². The maximum absolute atomic E-state index is 13.0. The zero-order valence-electron chi connectivity index (χ0n) is 10.9. The van der Waals surface area contributed by atoms with Crippen LogP contribution in [0, 0.1) is 12.7 Å². The van der Waals surface area contributed by atoms with Crippen molar-refractivity contribution in [3.8, 4) is 0 Å². The molecule has 0 bridgehead atoms. The Morgan fingerprint density at radius 1 is 1.28 bits per heavy atom. The first-order valence-corrected chi connectivity index (χ1v) is 6.26. The van der Waals surface area contributed by atoms with Gasteiger partial charge in [-0.15, -0.1) is 0 Å². The number of hydrogen-bond donors (Lipinski definition) is 0. The summed E-state index contributed by atoms with van der Waals surface area (Å²) in [5, 5.41) is 0. The minimum absolute atomic E-state index is 0.0806. The van der Waals surface area contributed by atoms with E-state index < -0.39 is 0 Å². The Morgan fingerprint density at radius 2 is 1.94 bits per heavy atom. The fourth-order valence-electron chi connectivity index (χ4n) is 2.23. The lowest BCUT2D eigenvalue weighted by Crippen LogP contribution is -2.46. The second kappa shape index (κ2) is 5.59. The van der Waals surface area contributed by atoms with Crippen molar-refractivity contribution in [2.24, 2.45) is 0 Å². The first-order valence-electron chi connectivity index (χ1n) is 6.26. The molecule has 1 aliphatic heterocycles. The molecule has 2 rings (SSSR count). The SMILES string of the molecule is Cc1cc(F)ccc1C(=O)CN1CCN(C)CC1. The van der Waals surface area contributed by atoms with Crippen LogP contribution in [0.2, 0.25) is 0 Å². The molecule has 18 heavy (non-hydrogen) atoms. The second-order valence-corrected chi connectivity index (χ2v) is 4.96. The number of carbonyl (C=O) groups is 1. The average molecular weight is 250 g/mol. The van der Waals surface area contributed by atoms with Crippen molar-refractivity contribution < 1.29 is 9.18 Å². The van der Waals surface area contributed by atoms with Gasteiger partial charge in [-0.3, -0.25) is 9.69 Å². The van der Waals surface area contributed by atoms with E-state index in [0.29, 0.717) is 17.7 Å². The molecule has 1 aromatic carbocycles. The van der Waals surface area contributed by atoms with Crippen molar-refractivity contribution >= 4 is 5.78 Å². The molecule has 1 aliphatic rings. The van der Waals surface area contributed by atoms with Gasteiger partial charge in [-0.25, -0.2) is 4.39 Å². The molecule has 1 heterocycles. The molecule has 0 unspecified atom stereocenters. The molecule has 1 fully saturated rings. The number of likely N-dealkylation sites (N-methyl/N-ethyl adjacent to an activating group) is 1. The third-order valence-electron chi connectivity index (χ3n) is 3.45. The monoisotopic (exact) mass is 250 g/mol. The van der Waals surface area contributed by atoms with Gasteiger partial charge in [0.25, 0.3) is 0 Å². The Bertz CT molecular complexity index is 439. The second-order valence-electron chi connectivity index (χ2n) is 4.96. The molecule has 0 aromatic heterocycles. The van der Waals surface area contributed by atoms with Crippen LogP contribution in [0.15, 0.2) is 18.2 Å². The quantitative estimate of drug-likeness (QED) is 0.761. The number of halogens is 1.